The van der Waals surface area contributed by atoms with Crippen LogP contribution in [-0.4, -0.2) is 47.7 Å². The Morgan fingerprint density at radius 2 is 1.47 bits per heavy atom. The fourth-order valence-corrected chi connectivity index (χ4v) is 6.66. The molecule has 4 rings (SSSR count). The number of aliphatic hydroxyl groups is 1. The smallest absolute Gasteiger partial charge is 0.309 e. The zero-order valence-corrected chi connectivity index (χ0v) is 29.8. The topological polar surface area (TPSA) is 114 Å². The molecule has 8 heteroatoms. The molecule has 0 radical (unpaired) electrons. The highest BCUT2D eigenvalue weighted by molar-refractivity contribution is 5.86. The van der Waals surface area contributed by atoms with Crippen molar-refractivity contribution in [1.29, 1.82) is 0 Å². The van der Waals surface area contributed by atoms with E-state index < -0.39 is 17.5 Å². The highest BCUT2D eigenvalue weighted by Gasteiger charge is 2.35. The van der Waals surface area contributed by atoms with Crippen LogP contribution < -0.4 is 15.4 Å². The average molecular weight is 695 g/mol. The zero-order chi connectivity index (χ0) is 36.3. The van der Waals surface area contributed by atoms with Gasteiger partial charge in [0.05, 0.1) is 30.0 Å². The van der Waals surface area contributed by atoms with Gasteiger partial charge in [-0.25, -0.2) is 0 Å². The molecule has 3 N–H and O–H groups in total. The summed E-state index contributed by atoms with van der Waals surface area (Å²) in [5, 5.41) is 16.1. The SMILES string of the molecule is C=CCCCC(Cc1ccccc1)C(=O)OCC(Cc1ccc(OCc2ccccc2)cc1)NC(=O)C(CC=C)CC(=O)NC1(CO)CCCC1. The Morgan fingerprint density at radius 3 is 2.10 bits per heavy atom. The summed E-state index contributed by atoms with van der Waals surface area (Å²) in [6.07, 6.45) is 10.3. The van der Waals surface area contributed by atoms with Gasteiger partial charge in [0.15, 0.2) is 0 Å². The number of amides is 2. The molecule has 1 aliphatic rings. The highest BCUT2D eigenvalue weighted by atomic mass is 16.5. The Kier molecular flexibility index (Phi) is 16.0. The summed E-state index contributed by atoms with van der Waals surface area (Å²) in [7, 11) is 0. The van der Waals surface area contributed by atoms with Crippen LogP contribution in [-0.2, 0) is 38.6 Å². The normalized spacial score (nSPS) is 15.2. The molecule has 3 atom stereocenters. The number of benzene rings is 3. The molecule has 272 valence electrons. The zero-order valence-electron chi connectivity index (χ0n) is 29.8. The lowest BCUT2D eigenvalue weighted by atomic mass is 9.94. The number of carbonyl (C=O) groups is 3. The van der Waals surface area contributed by atoms with Crippen molar-refractivity contribution in [3.05, 3.63) is 127 Å². The van der Waals surface area contributed by atoms with Crippen LogP contribution in [0.15, 0.2) is 110 Å². The molecule has 3 aromatic carbocycles. The van der Waals surface area contributed by atoms with Gasteiger partial charge in [-0.3, -0.25) is 14.4 Å². The maximum Gasteiger partial charge on any atom is 0.309 e. The molecule has 0 bridgehead atoms. The molecule has 51 heavy (non-hydrogen) atoms. The first-order chi connectivity index (χ1) is 24.8. The second-order valence-corrected chi connectivity index (χ2v) is 13.7. The summed E-state index contributed by atoms with van der Waals surface area (Å²) < 4.78 is 11.9. The second kappa shape index (κ2) is 20.9. The van der Waals surface area contributed by atoms with Crippen molar-refractivity contribution < 1.29 is 29.0 Å². The van der Waals surface area contributed by atoms with E-state index in [-0.39, 0.29) is 43.3 Å². The minimum atomic E-state index is -0.670. The third kappa shape index (κ3) is 13.2. The van der Waals surface area contributed by atoms with Crippen molar-refractivity contribution in [1.82, 2.24) is 10.6 Å². The standard InChI is InChI=1S/C43H54N2O6/c1-3-5-8-20-37(27-33-16-9-6-10-17-33)42(49)51-31-38(28-34-21-23-39(24-22-34)50-30-35-18-11-7-12-19-35)44-41(48)36(15-4-2)29-40(47)45-43(32-46)25-13-14-26-43/h3-4,6-7,9-12,16-19,21-24,36-38,46H,1-2,5,8,13-15,20,25-32H2,(H,44,48)(H,45,47). The van der Waals surface area contributed by atoms with Crippen LogP contribution in [0.4, 0.5) is 0 Å². The van der Waals surface area contributed by atoms with Crippen LogP contribution in [0.1, 0.15) is 74.5 Å². The van der Waals surface area contributed by atoms with Gasteiger partial charge in [-0.05, 0) is 80.2 Å². The molecule has 3 unspecified atom stereocenters. The maximum absolute atomic E-state index is 13.8. The van der Waals surface area contributed by atoms with E-state index in [9.17, 15) is 19.5 Å². The number of unbranched alkanes of at least 4 members (excludes halogenated alkanes) is 1. The lowest BCUT2D eigenvalue weighted by molar-refractivity contribution is -0.150. The summed E-state index contributed by atoms with van der Waals surface area (Å²) in [5.74, 6) is -1.18. The number of hydrogen-bond acceptors (Lipinski definition) is 6. The molecule has 0 saturated heterocycles. The first-order valence-corrected chi connectivity index (χ1v) is 18.2. The predicted molar refractivity (Wildman–Crippen MR) is 201 cm³/mol. The van der Waals surface area contributed by atoms with Crippen LogP contribution in [0.2, 0.25) is 0 Å². The fraction of sp³-hybridized carbons (Fsp3) is 0.419. The monoisotopic (exact) mass is 694 g/mol. The number of aliphatic hydroxyl groups excluding tert-OH is 1. The molecule has 0 aliphatic heterocycles. The summed E-state index contributed by atoms with van der Waals surface area (Å²) in [4.78, 5) is 40.5. The Balaban J connectivity index is 1.45. The van der Waals surface area contributed by atoms with Crippen LogP contribution in [0.25, 0.3) is 0 Å². The van der Waals surface area contributed by atoms with E-state index in [1.54, 1.807) is 6.08 Å². The number of esters is 1. The number of hydrogen-bond donors (Lipinski definition) is 3. The van der Waals surface area contributed by atoms with Gasteiger partial charge in [0.1, 0.15) is 19.0 Å². The summed E-state index contributed by atoms with van der Waals surface area (Å²) in [5.41, 5.74) is 2.43. The van der Waals surface area contributed by atoms with E-state index in [2.05, 4.69) is 23.8 Å². The van der Waals surface area contributed by atoms with Crippen LogP contribution in [0, 0.1) is 11.8 Å². The molecule has 0 aromatic heterocycles. The van der Waals surface area contributed by atoms with Gasteiger partial charge in [-0.15, -0.1) is 13.2 Å². The van der Waals surface area contributed by atoms with Gasteiger partial charge in [-0.2, -0.15) is 0 Å². The van der Waals surface area contributed by atoms with Crippen LogP contribution in [0.5, 0.6) is 5.75 Å². The van der Waals surface area contributed by atoms with Crippen LogP contribution >= 0.6 is 0 Å². The van der Waals surface area contributed by atoms with E-state index >= 15 is 0 Å². The maximum atomic E-state index is 13.8. The number of rotatable bonds is 22. The van der Waals surface area contributed by atoms with Crippen molar-refractivity contribution in [2.24, 2.45) is 11.8 Å². The first kappa shape index (κ1) is 39.1. The van der Waals surface area contributed by atoms with Crippen molar-refractivity contribution in [3.63, 3.8) is 0 Å². The van der Waals surface area contributed by atoms with Crippen molar-refractivity contribution in [2.45, 2.75) is 88.8 Å². The van der Waals surface area contributed by atoms with Crippen molar-refractivity contribution >= 4 is 17.8 Å². The summed E-state index contributed by atoms with van der Waals surface area (Å²) in [6, 6.07) is 27.0. The van der Waals surface area contributed by atoms with Gasteiger partial charge < -0.3 is 25.2 Å². The molecule has 1 saturated carbocycles. The Labute approximate surface area is 303 Å². The van der Waals surface area contributed by atoms with Gasteiger partial charge in [0.25, 0.3) is 0 Å². The molecular weight excluding hydrogens is 640 g/mol. The van der Waals surface area contributed by atoms with E-state index in [1.807, 2.05) is 91.0 Å². The van der Waals surface area contributed by atoms with Gasteiger partial charge in [0, 0.05) is 6.42 Å². The number of allylic oxidation sites excluding steroid dienone is 2. The molecular formula is C43H54N2O6. The largest absolute Gasteiger partial charge is 0.489 e. The summed E-state index contributed by atoms with van der Waals surface area (Å²) in [6.45, 7) is 7.93. The minimum absolute atomic E-state index is 0.0236. The van der Waals surface area contributed by atoms with E-state index in [0.717, 1.165) is 61.0 Å². The molecule has 2 amide bonds. The number of ether oxygens (including phenoxy) is 2. The average Bonchev–Trinajstić information content (AvgIpc) is 3.62. The Bertz CT molecular complexity index is 1520. The van der Waals surface area contributed by atoms with Gasteiger partial charge in [-0.1, -0.05) is 97.8 Å². The first-order valence-electron chi connectivity index (χ1n) is 18.2. The molecule has 8 nitrogen and oxygen atoms in total. The van der Waals surface area contributed by atoms with E-state index in [1.165, 1.54) is 0 Å². The van der Waals surface area contributed by atoms with Gasteiger partial charge in [0.2, 0.25) is 11.8 Å². The Morgan fingerprint density at radius 1 is 0.824 bits per heavy atom. The number of carbonyl (C=O) groups excluding carboxylic acids is 3. The van der Waals surface area contributed by atoms with Gasteiger partial charge >= 0.3 is 5.97 Å². The molecule has 0 spiro atoms. The predicted octanol–water partition coefficient (Wildman–Crippen LogP) is 7.06. The van der Waals surface area contributed by atoms with Crippen LogP contribution in [0.3, 0.4) is 0 Å². The lowest BCUT2D eigenvalue weighted by Gasteiger charge is -2.29. The second-order valence-electron chi connectivity index (χ2n) is 13.7. The lowest BCUT2D eigenvalue weighted by Crippen LogP contribution is -2.50. The quantitative estimate of drug-likeness (QED) is 0.0590. The third-order valence-electron chi connectivity index (χ3n) is 9.57. The third-order valence-corrected chi connectivity index (χ3v) is 9.57. The molecule has 3 aromatic rings. The Hall–Kier alpha value is -4.69. The molecule has 0 heterocycles. The molecule has 1 aliphatic carbocycles. The van der Waals surface area contributed by atoms with Crippen molar-refractivity contribution in [3.8, 4) is 5.75 Å². The van der Waals surface area contributed by atoms with Crippen molar-refractivity contribution in [2.75, 3.05) is 13.2 Å². The fourth-order valence-electron chi connectivity index (χ4n) is 6.66. The molecule has 1 fully saturated rings. The summed E-state index contributed by atoms with van der Waals surface area (Å²) >= 11 is 0. The van der Waals surface area contributed by atoms with E-state index in [4.69, 9.17) is 9.47 Å². The highest BCUT2D eigenvalue weighted by Crippen LogP contribution is 2.29. The van der Waals surface area contributed by atoms with E-state index in [0.29, 0.717) is 32.3 Å². The minimum Gasteiger partial charge on any atom is -0.489 e. The number of nitrogens with one attached hydrogen (secondary N) is 2.